The van der Waals surface area contributed by atoms with Gasteiger partial charge >= 0.3 is 0 Å². The quantitative estimate of drug-likeness (QED) is 0.879. The fourth-order valence-corrected chi connectivity index (χ4v) is 3.99. The Morgan fingerprint density at radius 2 is 1.88 bits per heavy atom. The van der Waals surface area contributed by atoms with E-state index in [1.165, 1.54) is 0 Å². The summed E-state index contributed by atoms with van der Waals surface area (Å²) in [5.74, 6) is 0.738. The predicted molar refractivity (Wildman–Crippen MR) is 95.0 cm³/mol. The molecule has 2 fully saturated rings. The number of hydrogen-bond donors (Lipinski definition) is 1. The zero-order chi connectivity index (χ0) is 17.8. The van der Waals surface area contributed by atoms with Gasteiger partial charge in [0.2, 0.25) is 11.8 Å². The summed E-state index contributed by atoms with van der Waals surface area (Å²) in [5.41, 5.74) is 6.47. The largest absolute Gasteiger partial charge is 0.496 e. The van der Waals surface area contributed by atoms with Crippen molar-refractivity contribution >= 4 is 11.8 Å². The van der Waals surface area contributed by atoms with Gasteiger partial charge in [-0.3, -0.25) is 14.5 Å². The molecule has 0 aromatic heterocycles. The van der Waals surface area contributed by atoms with E-state index in [9.17, 15) is 9.59 Å². The lowest BCUT2D eigenvalue weighted by molar-refractivity contribution is -0.133. The van der Waals surface area contributed by atoms with Gasteiger partial charge in [-0.15, -0.1) is 0 Å². The van der Waals surface area contributed by atoms with Crippen LogP contribution in [0, 0.1) is 5.92 Å². The highest BCUT2D eigenvalue weighted by Crippen LogP contribution is 2.37. The van der Waals surface area contributed by atoms with Crippen LogP contribution in [0.5, 0.6) is 5.75 Å². The number of methoxy groups -OCH3 is 1. The van der Waals surface area contributed by atoms with Gasteiger partial charge in [-0.1, -0.05) is 18.2 Å². The Bertz CT molecular complexity index is 626. The van der Waals surface area contributed by atoms with Crippen LogP contribution < -0.4 is 10.5 Å². The summed E-state index contributed by atoms with van der Waals surface area (Å²) < 4.78 is 5.48. The average Bonchev–Trinajstić information content (AvgIpc) is 3.11. The molecule has 0 spiro atoms. The molecule has 1 atom stereocenters. The highest BCUT2D eigenvalue weighted by molar-refractivity contribution is 5.79. The topological polar surface area (TPSA) is 75.9 Å². The number of benzene rings is 1. The first kappa shape index (κ1) is 17.7. The van der Waals surface area contributed by atoms with E-state index in [1.807, 2.05) is 29.2 Å². The van der Waals surface area contributed by atoms with Gasteiger partial charge in [-0.05, 0) is 44.8 Å². The van der Waals surface area contributed by atoms with E-state index in [0.29, 0.717) is 6.54 Å². The maximum atomic E-state index is 12.9. The molecule has 0 saturated carbocycles. The molecule has 2 aliphatic heterocycles. The molecule has 0 aliphatic carbocycles. The van der Waals surface area contributed by atoms with Gasteiger partial charge in [0.05, 0.1) is 19.7 Å². The van der Waals surface area contributed by atoms with Crippen LogP contribution in [0.2, 0.25) is 0 Å². The van der Waals surface area contributed by atoms with Crippen molar-refractivity contribution in [2.75, 3.05) is 33.3 Å². The molecular weight excluding hydrogens is 318 g/mol. The van der Waals surface area contributed by atoms with Crippen molar-refractivity contribution in [3.05, 3.63) is 29.8 Å². The molecule has 6 nitrogen and oxygen atoms in total. The number of carbonyl (C=O) groups is 2. The van der Waals surface area contributed by atoms with E-state index in [0.717, 1.165) is 56.6 Å². The Hall–Kier alpha value is -2.08. The van der Waals surface area contributed by atoms with Crippen LogP contribution in [0.4, 0.5) is 0 Å². The number of para-hydroxylation sites is 1. The summed E-state index contributed by atoms with van der Waals surface area (Å²) >= 11 is 0. The number of primary amides is 1. The minimum absolute atomic E-state index is 0.0422. The molecule has 2 N–H and O–H groups in total. The molecule has 6 heteroatoms. The van der Waals surface area contributed by atoms with Crippen molar-refractivity contribution in [2.45, 2.75) is 31.7 Å². The second-order valence-electron chi connectivity index (χ2n) is 6.94. The molecule has 1 aromatic rings. The smallest absolute Gasteiger partial charge is 0.237 e. The Morgan fingerprint density at radius 1 is 1.16 bits per heavy atom. The summed E-state index contributed by atoms with van der Waals surface area (Å²) in [7, 11) is 1.67. The standard InChI is InChI=1S/C19H27N3O3/c1-25-17-7-3-2-5-15(17)16-6-4-10-22(16)18(23)13-21-11-8-14(9-12-21)19(20)24/h2-3,5,7,14,16H,4,6,8-13H2,1H3,(H2,20,24)/t16-/m1/s1. The molecule has 136 valence electrons. The molecule has 1 aromatic carbocycles. The summed E-state index contributed by atoms with van der Waals surface area (Å²) in [6, 6.07) is 8.03. The minimum atomic E-state index is -0.221. The lowest BCUT2D eigenvalue weighted by atomic mass is 9.96. The summed E-state index contributed by atoms with van der Waals surface area (Å²) in [5, 5.41) is 0. The first-order valence-corrected chi connectivity index (χ1v) is 9.04. The zero-order valence-electron chi connectivity index (χ0n) is 14.8. The lowest BCUT2D eigenvalue weighted by Gasteiger charge is -2.33. The Morgan fingerprint density at radius 3 is 2.56 bits per heavy atom. The Balaban J connectivity index is 1.63. The number of likely N-dealkylation sites (tertiary alicyclic amines) is 2. The number of hydrogen-bond acceptors (Lipinski definition) is 4. The zero-order valence-corrected chi connectivity index (χ0v) is 14.8. The molecule has 2 aliphatic rings. The molecule has 0 radical (unpaired) electrons. The van der Waals surface area contributed by atoms with Gasteiger partial charge in [0.15, 0.2) is 0 Å². The SMILES string of the molecule is COc1ccccc1[C@H]1CCCN1C(=O)CN1CCC(C(N)=O)CC1. The minimum Gasteiger partial charge on any atom is -0.496 e. The fourth-order valence-electron chi connectivity index (χ4n) is 3.99. The van der Waals surface area contributed by atoms with Gasteiger partial charge in [-0.25, -0.2) is 0 Å². The van der Waals surface area contributed by atoms with Crippen molar-refractivity contribution in [2.24, 2.45) is 11.7 Å². The number of piperidine rings is 1. The second-order valence-corrected chi connectivity index (χ2v) is 6.94. The summed E-state index contributed by atoms with van der Waals surface area (Å²) in [6.45, 7) is 2.72. The van der Waals surface area contributed by atoms with Gasteiger partial charge in [0, 0.05) is 18.0 Å². The van der Waals surface area contributed by atoms with Crippen molar-refractivity contribution in [1.82, 2.24) is 9.80 Å². The van der Waals surface area contributed by atoms with E-state index in [1.54, 1.807) is 7.11 Å². The van der Waals surface area contributed by atoms with Crippen LogP contribution in [0.15, 0.2) is 24.3 Å². The molecule has 3 rings (SSSR count). The fraction of sp³-hybridized carbons (Fsp3) is 0.579. The second kappa shape index (κ2) is 7.87. The molecule has 25 heavy (non-hydrogen) atoms. The average molecular weight is 345 g/mol. The molecule has 2 saturated heterocycles. The van der Waals surface area contributed by atoms with Gasteiger partial charge < -0.3 is 15.4 Å². The van der Waals surface area contributed by atoms with Crippen LogP contribution in [0.1, 0.15) is 37.3 Å². The van der Waals surface area contributed by atoms with Crippen LogP contribution >= 0.6 is 0 Å². The third kappa shape index (κ3) is 3.95. The highest BCUT2D eigenvalue weighted by Gasteiger charge is 2.33. The van der Waals surface area contributed by atoms with E-state index in [-0.39, 0.29) is 23.8 Å². The number of nitrogens with zero attached hydrogens (tertiary/aromatic N) is 2. The van der Waals surface area contributed by atoms with Crippen molar-refractivity contribution < 1.29 is 14.3 Å². The molecule has 2 amide bonds. The monoisotopic (exact) mass is 345 g/mol. The lowest BCUT2D eigenvalue weighted by Crippen LogP contribution is -2.44. The van der Waals surface area contributed by atoms with Crippen molar-refractivity contribution in [3.63, 3.8) is 0 Å². The van der Waals surface area contributed by atoms with Gasteiger partial charge in [-0.2, -0.15) is 0 Å². The van der Waals surface area contributed by atoms with E-state index < -0.39 is 0 Å². The normalized spacial score (nSPS) is 22.1. The summed E-state index contributed by atoms with van der Waals surface area (Å²) in [4.78, 5) is 28.3. The Labute approximate surface area is 148 Å². The van der Waals surface area contributed by atoms with Gasteiger partial charge in [0.25, 0.3) is 0 Å². The third-order valence-electron chi connectivity index (χ3n) is 5.42. The number of amides is 2. The first-order chi connectivity index (χ1) is 12.1. The van der Waals surface area contributed by atoms with Crippen LogP contribution in [-0.4, -0.2) is 54.9 Å². The third-order valence-corrected chi connectivity index (χ3v) is 5.42. The van der Waals surface area contributed by atoms with Crippen LogP contribution in [-0.2, 0) is 9.59 Å². The van der Waals surface area contributed by atoms with E-state index in [2.05, 4.69) is 4.90 Å². The molecule has 0 unspecified atom stereocenters. The first-order valence-electron chi connectivity index (χ1n) is 9.04. The van der Waals surface area contributed by atoms with Gasteiger partial charge in [0.1, 0.15) is 5.75 Å². The summed E-state index contributed by atoms with van der Waals surface area (Å²) in [6.07, 6.45) is 3.48. The number of carbonyl (C=O) groups excluding carboxylic acids is 2. The van der Waals surface area contributed by atoms with Crippen LogP contribution in [0.25, 0.3) is 0 Å². The predicted octanol–water partition coefficient (Wildman–Crippen LogP) is 1.56. The van der Waals surface area contributed by atoms with E-state index >= 15 is 0 Å². The highest BCUT2D eigenvalue weighted by atomic mass is 16.5. The molecule has 0 bridgehead atoms. The molecular formula is C19H27N3O3. The van der Waals surface area contributed by atoms with Crippen LogP contribution in [0.3, 0.4) is 0 Å². The number of ether oxygens (including phenoxy) is 1. The van der Waals surface area contributed by atoms with Crippen molar-refractivity contribution in [1.29, 1.82) is 0 Å². The van der Waals surface area contributed by atoms with Crippen molar-refractivity contribution in [3.8, 4) is 5.75 Å². The van der Waals surface area contributed by atoms with E-state index in [4.69, 9.17) is 10.5 Å². The Kier molecular flexibility index (Phi) is 5.58. The maximum absolute atomic E-state index is 12.9. The maximum Gasteiger partial charge on any atom is 0.237 e. The molecule has 2 heterocycles. The number of rotatable bonds is 5. The number of nitrogens with two attached hydrogens (primary N) is 1.